The molecule has 0 saturated heterocycles. The van der Waals surface area contributed by atoms with Crippen molar-refractivity contribution in [1.29, 1.82) is 5.26 Å². The summed E-state index contributed by atoms with van der Waals surface area (Å²) in [6.45, 7) is 0.529. The lowest BCUT2D eigenvalue weighted by Crippen LogP contribution is -2.04. The van der Waals surface area contributed by atoms with E-state index in [9.17, 15) is 5.26 Å². The molecule has 0 saturated carbocycles. The zero-order valence-electron chi connectivity index (χ0n) is 11.0. The van der Waals surface area contributed by atoms with Crippen molar-refractivity contribution in [3.05, 3.63) is 65.1 Å². The molecule has 0 aliphatic heterocycles. The van der Waals surface area contributed by atoms with E-state index >= 15 is 0 Å². The maximum atomic E-state index is 9.27. The molecule has 1 N–H and O–H groups in total. The van der Waals surface area contributed by atoms with E-state index in [0.717, 1.165) is 22.3 Å². The highest BCUT2D eigenvalue weighted by atomic mass is 35.5. The normalized spacial score (nSPS) is 10.3. The number of anilines is 1. The summed E-state index contributed by atoms with van der Waals surface area (Å²) in [5.41, 5.74) is 2.91. The summed E-state index contributed by atoms with van der Waals surface area (Å²) >= 11 is 6.05. The van der Waals surface area contributed by atoms with Crippen molar-refractivity contribution in [2.45, 2.75) is 6.54 Å². The van der Waals surface area contributed by atoms with Crippen molar-refractivity contribution in [3.63, 3.8) is 0 Å². The summed E-state index contributed by atoms with van der Waals surface area (Å²) in [4.78, 5) is 8.53. The molecule has 0 radical (unpaired) electrons. The third-order valence-electron chi connectivity index (χ3n) is 3.12. The van der Waals surface area contributed by atoms with Crippen LogP contribution in [-0.4, -0.2) is 9.97 Å². The maximum Gasteiger partial charge on any atom is 0.103 e. The number of nitrogens with zero attached hydrogens (tertiary/aromatic N) is 3. The fraction of sp³-hybridized carbons (Fsp3) is 0.0625. The summed E-state index contributed by atoms with van der Waals surface area (Å²) in [7, 11) is 0. The molecule has 102 valence electrons. The first-order chi connectivity index (χ1) is 10.3. The van der Waals surface area contributed by atoms with Gasteiger partial charge in [-0.2, -0.15) is 5.26 Å². The Morgan fingerprint density at radius 3 is 2.86 bits per heavy atom. The topological polar surface area (TPSA) is 61.6 Å². The van der Waals surface area contributed by atoms with Gasteiger partial charge in [0.05, 0.1) is 29.0 Å². The van der Waals surface area contributed by atoms with Gasteiger partial charge in [0.25, 0.3) is 0 Å². The molecule has 0 atom stereocenters. The molecule has 3 aromatic rings. The molecule has 1 aromatic carbocycles. The van der Waals surface area contributed by atoms with Crippen LogP contribution >= 0.6 is 11.6 Å². The molecule has 5 heteroatoms. The number of nitriles is 1. The molecule has 2 aromatic heterocycles. The number of benzene rings is 1. The van der Waals surface area contributed by atoms with Gasteiger partial charge in [-0.25, -0.2) is 0 Å². The lowest BCUT2D eigenvalue weighted by atomic mass is 10.1. The van der Waals surface area contributed by atoms with Gasteiger partial charge in [0.1, 0.15) is 6.07 Å². The van der Waals surface area contributed by atoms with Crippen molar-refractivity contribution in [1.82, 2.24) is 9.97 Å². The van der Waals surface area contributed by atoms with Crippen LogP contribution in [0.3, 0.4) is 0 Å². The number of rotatable bonds is 3. The zero-order valence-corrected chi connectivity index (χ0v) is 11.8. The summed E-state index contributed by atoms with van der Waals surface area (Å²) < 4.78 is 0. The third-order valence-corrected chi connectivity index (χ3v) is 3.36. The predicted molar refractivity (Wildman–Crippen MR) is 83.0 cm³/mol. The molecular formula is C16H11ClN4. The first-order valence-electron chi connectivity index (χ1n) is 6.40. The van der Waals surface area contributed by atoms with Crippen LogP contribution in [0.5, 0.6) is 0 Å². The molecule has 0 aliphatic carbocycles. The van der Waals surface area contributed by atoms with Gasteiger partial charge in [-0.05, 0) is 30.3 Å². The molecule has 0 unspecified atom stereocenters. The van der Waals surface area contributed by atoms with Crippen LogP contribution in [0.25, 0.3) is 10.9 Å². The van der Waals surface area contributed by atoms with E-state index in [2.05, 4.69) is 21.4 Å². The van der Waals surface area contributed by atoms with Gasteiger partial charge in [0.2, 0.25) is 0 Å². The van der Waals surface area contributed by atoms with Crippen molar-refractivity contribution in [2.75, 3.05) is 5.32 Å². The molecule has 0 fully saturated rings. The largest absolute Gasteiger partial charge is 0.378 e. The standard InChI is InChI=1S/C16H11ClN4/c17-12-4-5-15-14(7-12)16(11(8-18)9-20-15)21-10-13-3-1-2-6-19-13/h1-7,9H,10H2,(H,20,21). The number of hydrogen-bond donors (Lipinski definition) is 1. The predicted octanol–water partition coefficient (Wildman–Crippen LogP) is 3.77. The minimum absolute atomic E-state index is 0.487. The molecule has 0 amide bonds. The van der Waals surface area contributed by atoms with Crippen LogP contribution < -0.4 is 5.32 Å². The molecule has 0 bridgehead atoms. The highest BCUT2D eigenvalue weighted by Crippen LogP contribution is 2.28. The van der Waals surface area contributed by atoms with Gasteiger partial charge in [-0.15, -0.1) is 0 Å². The summed E-state index contributed by atoms with van der Waals surface area (Å²) in [6.07, 6.45) is 3.31. The van der Waals surface area contributed by atoms with Gasteiger partial charge >= 0.3 is 0 Å². The Morgan fingerprint density at radius 2 is 2.10 bits per heavy atom. The molecule has 2 heterocycles. The minimum atomic E-state index is 0.487. The molecule has 4 nitrogen and oxygen atoms in total. The first-order valence-corrected chi connectivity index (χ1v) is 6.78. The lowest BCUT2D eigenvalue weighted by molar-refractivity contribution is 1.05. The number of pyridine rings is 2. The highest BCUT2D eigenvalue weighted by molar-refractivity contribution is 6.31. The van der Waals surface area contributed by atoms with Gasteiger partial charge in [-0.1, -0.05) is 17.7 Å². The van der Waals surface area contributed by atoms with Crippen LogP contribution in [0.2, 0.25) is 5.02 Å². The maximum absolute atomic E-state index is 9.27. The Balaban J connectivity index is 2.03. The number of fused-ring (bicyclic) bond motifs is 1. The van der Waals surface area contributed by atoms with E-state index < -0.39 is 0 Å². The minimum Gasteiger partial charge on any atom is -0.378 e. The number of hydrogen-bond acceptors (Lipinski definition) is 4. The van der Waals surface area contributed by atoms with E-state index in [0.29, 0.717) is 17.1 Å². The Kier molecular flexibility index (Phi) is 3.67. The molecule has 0 aliphatic rings. The monoisotopic (exact) mass is 294 g/mol. The number of halogens is 1. The Labute approximate surface area is 127 Å². The lowest BCUT2D eigenvalue weighted by Gasteiger charge is -2.11. The van der Waals surface area contributed by atoms with Crippen molar-refractivity contribution >= 4 is 28.2 Å². The first kappa shape index (κ1) is 13.3. The van der Waals surface area contributed by atoms with Gasteiger partial charge in [0.15, 0.2) is 0 Å². The molecule has 3 rings (SSSR count). The fourth-order valence-electron chi connectivity index (χ4n) is 2.12. The Hall–Kier alpha value is -2.64. The number of nitrogens with one attached hydrogen (secondary N) is 1. The van der Waals surface area contributed by atoms with E-state index in [1.54, 1.807) is 18.5 Å². The van der Waals surface area contributed by atoms with Crippen LogP contribution in [0.15, 0.2) is 48.8 Å². The third kappa shape index (κ3) is 2.78. The molecule has 0 spiro atoms. The van der Waals surface area contributed by atoms with E-state index in [4.69, 9.17) is 11.6 Å². The van der Waals surface area contributed by atoms with Crippen LogP contribution in [-0.2, 0) is 6.54 Å². The summed E-state index contributed by atoms with van der Waals surface area (Å²) in [6, 6.07) is 13.3. The van der Waals surface area contributed by atoms with Crippen LogP contribution in [0.4, 0.5) is 5.69 Å². The smallest absolute Gasteiger partial charge is 0.103 e. The Morgan fingerprint density at radius 1 is 1.19 bits per heavy atom. The van der Waals surface area contributed by atoms with Crippen molar-refractivity contribution in [3.8, 4) is 6.07 Å². The van der Waals surface area contributed by atoms with Gasteiger partial charge < -0.3 is 5.32 Å². The van der Waals surface area contributed by atoms with Crippen LogP contribution in [0.1, 0.15) is 11.3 Å². The second-order valence-corrected chi connectivity index (χ2v) is 4.93. The van der Waals surface area contributed by atoms with E-state index in [1.165, 1.54) is 0 Å². The summed E-state index contributed by atoms with van der Waals surface area (Å²) in [5, 5.41) is 14.0. The molecular weight excluding hydrogens is 284 g/mol. The second kappa shape index (κ2) is 5.78. The van der Waals surface area contributed by atoms with E-state index in [-0.39, 0.29) is 0 Å². The SMILES string of the molecule is N#Cc1cnc2ccc(Cl)cc2c1NCc1ccccn1. The van der Waals surface area contributed by atoms with Crippen molar-refractivity contribution < 1.29 is 0 Å². The average molecular weight is 295 g/mol. The van der Waals surface area contributed by atoms with Gasteiger partial charge in [0, 0.05) is 22.8 Å². The molecule has 21 heavy (non-hydrogen) atoms. The Bertz CT molecular complexity index is 825. The van der Waals surface area contributed by atoms with Crippen molar-refractivity contribution in [2.24, 2.45) is 0 Å². The van der Waals surface area contributed by atoms with Gasteiger partial charge in [-0.3, -0.25) is 9.97 Å². The summed E-state index contributed by atoms with van der Waals surface area (Å²) in [5.74, 6) is 0. The highest BCUT2D eigenvalue weighted by Gasteiger charge is 2.09. The van der Waals surface area contributed by atoms with Crippen LogP contribution in [0, 0.1) is 11.3 Å². The zero-order chi connectivity index (χ0) is 14.7. The number of aromatic nitrogens is 2. The fourth-order valence-corrected chi connectivity index (χ4v) is 2.29. The quantitative estimate of drug-likeness (QED) is 0.799. The van der Waals surface area contributed by atoms with E-state index in [1.807, 2.05) is 30.3 Å². The second-order valence-electron chi connectivity index (χ2n) is 4.49. The average Bonchev–Trinajstić information content (AvgIpc) is 2.53.